The first-order chi connectivity index (χ1) is 9.42. The zero-order valence-electron chi connectivity index (χ0n) is 11.8. The van der Waals surface area contributed by atoms with Gasteiger partial charge in [-0.2, -0.15) is 0 Å². The zero-order valence-corrected chi connectivity index (χ0v) is 15.7. The van der Waals surface area contributed by atoms with E-state index in [0.29, 0.717) is 0 Å². The van der Waals surface area contributed by atoms with Gasteiger partial charge in [0.05, 0.1) is 4.32 Å². The van der Waals surface area contributed by atoms with E-state index >= 15 is 0 Å². The number of halogens is 4. The fourth-order valence-corrected chi connectivity index (χ4v) is 3.46. The molecule has 0 aliphatic heterocycles. The molecule has 1 atom stereocenters. The van der Waals surface area contributed by atoms with Crippen LogP contribution in [0.15, 0.2) is 30.3 Å². The van der Waals surface area contributed by atoms with Crippen LogP contribution < -0.4 is 0 Å². The number of benzene rings is 1. The van der Waals surface area contributed by atoms with Gasteiger partial charge in [0.1, 0.15) is 0 Å². The van der Waals surface area contributed by atoms with E-state index in [1.165, 1.54) is 32.1 Å². The van der Waals surface area contributed by atoms with Gasteiger partial charge in [0.2, 0.25) is 3.79 Å². The zero-order chi connectivity index (χ0) is 15.1. The largest absolute Gasteiger partial charge is 0.209 e. The molecule has 0 saturated heterocycles. The molecule has 0 aliphatic rings. The molecule has 0 aromatic heterocycles. The second kappa shape index (κ2) is 8.88. The topological polar surface area (TPSA) is 0 Å². The lowest BCUT2D eigenvalue weighted by Gasteiger charge is -2.35. The van der Waals surface area contributed by atoms with Crippen LogP contribution in [0.3, 0.4) is 0 Å². The van der Waals surface area contributed by atoms with Gasteiger partial charge in [-0.3, -0.25) is 0 Å². The van der Waals surface area contributed by atoms with Gasteiger partial charge < -0.3 is 0 Å². The van der Waals surface area contributed by atoms with Gasteiger partial charge >= 0.3 is 0 Å². The molecule has 0 amide bonds. The molecule has 0 N–H and O–H groups in total. The van der Waals surface area contributed by atoms with Crippen molar-refractivity contribution in [2.75, 3.05) is 0 Å². The minimum atomic E-state index is -1.36. The van der Waals surface area contributed by atoms with Crippen molar-refractivity contribution >= 4 is 50.7 Å². The first-order valence-corrected chi connectivity index (χ1v) is 9.15. The highest BCUT2D eigenvalue weighted by molar-refractivity contribution is 9.09. The van der Waals surface area contributed by atoms with Crippen LogP contribution in [0.4, 0.5) is 0 Å². The van der Waals surface area contributed by atoms with Gasteiger partial charge in [0.15, 0.2) is 0 Å². The Morgan fingerprint density at radius 1 is 0.900 bits per heavy atom. The van der Waals surface area contributed by atoms with E-state index in [1.54, 1.807) is 0 Å². The normalized spacial score (nSPS) is 15.1. The molecule has 1 aromatic carbocycles. The van der Waals surface area contributed by atoms with Crippen molar-refractivity contribution in [1.29, 1.82) is 0 Å². The summed E-state index contributed by atoms with van der Waals surface area (Å²) in [7, 11) is 0. The molecule has 4 heteroatoms. The van der Waals surface area contributed by atoms with E-state index in [0.717, 1.165) is 18.4 Å². The third kappa shape index (κ3) is 5.40. The first-order valence-electron chi connectivity index (χ1n) is 7.23. The van der Waals surface area contributed by atoms with Gasteiger partial charge in [0.25, 0.3) is 0 Å². The molecule has 0 nitrogen and oxygen atoms in total. The molecule has 1 rings (SSSR count). The van der Waals surface area contributed by atoms with Crippen molar-refractivity contribution < 1.29 is 0 Å². The first kappa shape index (κ1) is 18.6. The Hall–Kier alpha value is 0.570. The number of alkyl halides is 4. The lowest BCUT2D eigenvalue weighted by Crippen LogP contribution is -2.33. The smallest absolute Gasteiger partial charge is 0.0817 e. The summed E-state index contributed by atoms with van der Waals surface area (Å²) in [5, 5.41) is 0. The average molecular weight is 401 g/mol. The van der Waals surface area contributed by atoms with Crippen molar-refractivity contribution in [3.05, 3.63) is 35.9 Å². The van der Waals surface area contributed by atoms with E-state index in [1.807, 2.05) is 30.3 Å². The van der Waals surface area contributed by atoms with Gasteiger partial charge in [0, 0.05) is 0 Å². The molecule has 1 unspecified atom stereocenters. The van der Waals surface area contributed by atoms with Crippen molar-refractivity contribution in [2.24, 2.45) is 0 Å². The Bertz CT molecular complexity index is 375. The summed E-state index contributed by atoms with van der Waals surface area (Å²) < 4.78 is -1.98. The minimum Gasteiger partial charge on any atom is -0.0817 e. The molecule has 114 valence electrons. The number of hydrogen-bond donors (Lipinski definition) is 0. The molecular formula is C16H22BrCl3. The maximum atomic E-state index is 6.22. The fourth-order valence-electron chi connectivity index (χ4n) is 2.30. The van der Waals surface area contributed by atoms with Crippen LogP contribution in [-0.2, 0) is 4.32 Å². The van der Waals surface area contributed by atoms with Crippen LogP contribution in [0, 0.1) is 0 Å². The van der Waals surface area contributed by atoms with Crippen LogP contribution in [0.25, 0.3) is 0 Å². The Kier molecular flexibility index (Phi) is 8.27. The quantitative estimate of drug-likeness (QED) is 0.315. The predicted octanol–water partition coefficient (Wildman–Crippen LogP) is 7.40. The molecule has 0 radical (unpaired) electrons. The third-order valence-electron chi connectivity index (χ3n) is 3.56. The van der Waals surface area contributed by atoms with E-state index in [9.17, 15) is 0 Å². The number of hydrogen-bond acceptors (Lipinski definition) is 0. The second-order valence-electron chi connectivity index (χ2n) is 5.18. The Morgan fingerprint density at radius 3 is 2.00 bits per heavy atom. The minimum absolute atomic E-state index is 0.614. The SMILES string of the molecule is CCCCCCCCC(Br)(c1ccccc1)C(Cl)(Cl)Cl. The highest BCUT2D eigenvalue weighted by Crippen LogP contribution is 2.54. The number of unbranched alkanes of at least 4 members (excludes halogenated alkanes) is 5. The molecule has 20 heavy (non-hydrogen) atoms. The third-order valence-corrected chi connectivity index (χ3v) is 6.66. The highest BCUT2D eigenvalue weighted by Gasteiger charge is 2.47. The standard InChI is InChI=1S/C16H22BrCl3/c1-2-3-4-5-6-10-13-15(17,16(18,19)20)14-11-8-7-9-12-14/h7-9,11-12H,2-6,10,13H2,1H3. The fraction of sp³-hybridized carbons (Fsp3) is 0.625. The second-order valence-corrected chi connectivity index (χ2v) is 8.82. The Labute approximate surface area is 146 Å². The summed E-state index contributed by atoms with van der Waals surface area (Å²) in [6.07, 6.45) is 8.18. The summed E-state index contributed by atoms with van der Waals surface area (Å²) in [5.41, 5.74) is 1.02. The molecule has 0 bridgehead atoms. The maximum Gasteiger partial charge on any atom is 0.209 e. The monoisotopic (exact) mass is 398 g/mol. The van der Waals surface area contributed by atoms with Gasteiger partial charge in [-0.05, 0) is 12.0 Å². The molecular weight excluding hydrogens is 378 g/mol. The maximum absolute atomic E-state index is 6.22. The van der Waals surface area contributed by atoms with Crippen LogP contribution in [-0.4, -0.2) is 3.79 Å². The summed E-state index contributed by atoms with van der Waals surface area (Å²) in [6, 6.07) is 9.94. The summed E-state index contributed by atoms with van der Waals surface area (Å²) >= 11 is 22.4. The van der Waals surface area contributed by atoms with E-state index in [-0.39, 0.29) is 0 Å². The summed E-state index contributed by atoms with van der Waals surface area (Å²) in [5.74, 6) is 0. The number of rotatable bonds is 8. The van der Waals surface area contributed by atoms with Gasteiger partial charge in [-0.25, -0.2) is 0 Å². The van der Waals surface area contributed by atoms with E-state index in [2.05, 4.69) is 22.9 Å². The summed E-state index contributed by atoms with van der Waals surface area (Å²) in [4.78, 5) is 0. The van der Waals surface area contributed by atoms with Gasteiger partial charge in [-0.15, -0.1) is 0 Å². The molecule has 0 fully saturated rings. The molecule has 1 aromatic rings. The van der Waals surface area contributed by atoms with Crippen molar-refractivity contribution in [2.45, 2.75) is 60.0 Å². The summed E-state index contributed by atoms with van der Waals surface area (Å²) in [6.45, 7) is 2.22. The lowest BCUT2D eigenvalue weighted by molar-refractivity contribution is 0.519. The van der Waals surface area contributed by atoms with Crippen LogP contribution in [0.2, 0.25) is 0 Å². The van der Waals surface area contributed by atoms with Crippen LogP contribution >= 0.6 is 50.7 Å². The van der Waals surface area contributed by atoms with Crippen molar-refractivity contribution in [1.82, 2.24) is 0 Å². The van der Waals surface area contributed by atoms with Crippen molar-refractivity contribution in [3.8, 4) is 0 Å². The van der Waals surface area contributed by atoms with Crippen molar-refractivity contribution in [3.63, 3.8) is 0 Å². The molecule has 0 saturated carbocycles. The average Bonchev–Trinajstić information content (AvgIpc) is 2.42. The molecule has 0 heterocycles. The van der Waals surface area contributed by atoms with Crippen LogP contribution in [0.1, 0.15) is 57.4 Å². The van der Waals surface area contributed by atoms with E-state index in [4.69, 9.17) is 34.8 Å². The predicted molar refractivity (Wildman–Crippen MR) is 95.3 cm³/mol. The Morgan fingerprint density at radius 2 is 1.45 bits per heavy atom. The van der Waals surface area contributed by atoms with Crippen LogP contribution in [0.5, 0.6) is 0 Å². The van der Waals surface area contributed by atoms with Gasteiger partial charge in [-0.1, -0.05) is 127 Å². The lowest BCUT2D eigenvalue weighted by atomic mass is 9.93. The van der Waals surface area contributed by atoms with E-state index < -0.39 is 8.12 Å². The highest BCUT2D eigenvalue weighted by atomic mass is 79.9. The molecule has 0 aliphatic carbocycles. The Balaban J connectivity index is 2.62. The molecule has 0 spiro atoms.